The van der Waals surface area contributed by atoms with Crippen molar-refractivity contribution in [1.82, 2.24) is 5.32 Å². The van der Waals surface area contributed by atoms with Gasteiger partial charge in [-0.3, -0.25) is 10.1 Å². The fraction of sp³-hybridized carbons (Fsp3) is 0.286. The number of amidine groups is 1. The highest BCUT2D eigenvalue weighted by Gasteiger charge is 2.31. The van der Waals surface area contributed by atoms with Gasteiger partial charge in [-0.25, -0.2) is 9.79 Å². The molecular weight excluding hydrogens is 290 g/mol. The number of hydrogen-bond acceptors (Lipinski definition) is 7. The van der Waals surface area contributed by atoms with Gasteiger partial charge in [0.15, 0.2) is 0 Å². The molecule has 0 spiro atoms. The van der Waals surface area contributed by atoms with Gasteiger partial charge in [0.2, 0.25) is 0 Å². The lowest BCUT2D eigenvalue weighted by Crippen LogP contribution is -2.32. The summed E-state index contributed by atoms with van der Waals surface area (Å²) in [5.74, 6) is -0.555. The lowest BCUT2D eigenvalue weighted by Gasteiger charge is -2.24. The molecule has 1 aliphatic rings. The number of hydrogen-bond donors (Lipinski definition) is 1. The minimum absolute atomic E-state index is 0.0768. The van der Waals surface area contributed by atoms with Crippen molar-refractivity contribution in [2.45, 2.75) is 13.0 Å². The van der Waals surface area contributed by atoms with Gasteiger partial charge in [0, 0.05) is 17.8 Å². The van der Waals surface area contributed by atoms with Crippen LogP contribution >= 0.6 is 0 Å². The van der Waals surface area contributed by atoms with E-state index in [-0.39, 0.29) is 17.3 Å². The molecule has 1 unspecified atom stereocenters. The van der Waals surface area contributed by atoms with Gasteiger partial charge in [-0.1, -0.05) is 12.1 Å². The van der Waals surface area contributed by atoms with Crippen molar-refractivity contribution in [2.24, 2.45) is 4.99 Å². The molecule has 1 aliphatic heterocycles. The monoisotopic (exact) mass is 305 g/mol. The Hall–Kier alpha value is -2.90. The predicted molar refractivity (Wildman–Crippen MR) is 78.1 cm³/mol. The summed E-state index contributed by atoms with van der Waals surface area (Å²) >= 11 is 0. The molecule has 0 radical (unpaired) electrons. The number of non-ortho nitro benzene ring substituents is 1. The van der Waals surface area contributed by atoms with E-state index in [9.17, 15) is 14.9 Å². The van der Waals surface area contributed by atoms with Crippen molar-refractivity contribution in [3.63, 3.8) is 0 Å². The number of ether oxygens (including phenoxy) is 2. The van der Waals surface area contributed by atoms with Gasteiger partial charge in [-0.15, -0.1) is 0 Å². The first-order valence-corrected chi connectivity index (χ1v) is 6.40. The molecule has 116 valence electrons. The fourth-order valence-corrected chi connectivity index (χ4v) is 2.17. The second-order valence-corrected chi connectivity index (χ2v) is 4.55. The molecule has 22 heavy (non-hydrogen) atoms. The van der Waals surface area contributed by atoms with Crippen LogP contribution < -0.4 is 5.32 Å². The number of nitrogens with one attached hydrogen (secondary N) is 1. The van der Waals surface area contributed by atoms with Crippen LogP contribution in [0.25, 0.3) is 0 Å². The standard InChI is InChI=1S/C14H15N3O5/c1-8-11(13(18)21-2)12(16-14(15-8)22-3)9-5-4-6-10(7-9)17(19)20/h4-7,12H,1-3H3,(H,15,16). The van der Waals surface area contributed by atoms with Crippen LogP contribution in [-0.2, 0) is 14.3 Å². The Bertz CT molecular complexity index is 681. The van der Waals surface area contributed by atoms with E-state index in [0.717, 1.165) is 0 Å². The normalized spacial score (nSPS) is 17.4. The highest BCUT2D eigenvalue weighted by molar-refractivity contribution is 5.94. The maximum absolute atomic E-state index is 12.0. The summed E-state index contributed by atoms with van der Waals surface area (Å²) in [6, 6.07) is 5.45. The molecule has 1 heterocycles. The predicted octanol–water partition coefficient (Wildman–Crippen LogP) is 1.69. The van der Waals surface area contributed by atoms with Crippen LogP contribution in [0.5, 0.6) is 0 Å². The van der Waals surface area contributed by atoms with Crippen LogP contribution in [-0.4, -0.2) is 31.1 Å². The molecule has 0 aromatic heterocycles. The third-order valence-corrected chi connectivity index (χ3v) is 3.21. The summed E-state index contributed by atoms with van der Waals surface area (Å²) in [5.41, 5.74) is 1.23. The molecule has 1 N–H and O–H groups in total. The van der Waals surface area contributed by atoms with Gasteiger partial charge in [-0.05, 0) is 12.5 Å². The van der Waals surface area contributed by atoms with E-state index in [2.05, 4.69) is 10.3 Å². The third kappa shape index (κ3) is 2.90. The van der Waals surface area contributed by atoms with Crippen LogP contribution in [0.3, 0.4) is 0 Å². The first kappa shape index (κ1) is 15.5. The Labute approximate surface area is 126 Å². The molecule has 1 aromatic rings. The lowest BCUT2D eigenvalue weighted by atomic mass is 9.96. The molecule has 1 atom stereocenters. The maximum atomic E-state index is 12.0. The zero-order valence-corrected chi connectivity index (χ0v) is 12.3. The number of carbonyl (C=O) groups excluding carboxylic acids is 1. The number of nitrogens with zero attached hydrogens (tertiary/aromatic N) is 2. The number of nitro benzene ring substituents is 1. The second kappa shape index (κ2) is 6.25. The number of nitro groups is 1. The molecule has 0 saturated heterocycles. The minimum Gasteiger partial charge on any atom is -0.468 e. The minimum atomic E-state index is -0.733. The van der Waals surface area contributed by atoms with E-state index in [1.807, 2.05) is 0 Å². The van der Waals surface area contributed by atoms with Crippen molar-refractivity contribution in [1.29, 1.82) is 0 Å². The molecule has 0 amide bonds. The van der Waals surface area contributed by atoms with Crippen molar-refractivity contribution in [3.8, 4) is 0 Å². The molecule has 0 fully saturated rings. The van der Waals surface area contributed by atoms with E-state index in [1.54, 1.807) is 19.1 Å². The van der Waals surface area contributed by atoms with Gasteiger partial charge in [0.25, 0.3) is 11.7 Å². The first-order valence-electron chi connectivity index (χ1n) is 6.40. The van der Waals surface area contributed by atoms with Gasteiger partial charge < -0.3 is 14.8 Å². The van der Waals surface area contributed by atoms with Crippen LogP contribution in [0.1, 0.15) is 18.5 Å². The summed E-state index contributed by atoms with van der Waals surface area (Å²) < 4.78 is 9.85. The van der Waals surface area contributed by atoms with Crippen LogP contribution in [0, 0.1) is 10.1 Å². The second-order valence-electron chi connectivity index (χ2n) is 4.55. The average Bonchev–Trinajstić information content (AvgIpc) is 2.53. The Kier molecular flexibility index (Phi) is 4.40. The van der Waals surface area contributed by atoms with Gasteiger partial charge in [-0.2, -0.15) is 0 Å². The van der Waals surface area contributed by atoms with Gasteiger partial charge >= 0.3 is 5.97 Å². The van der Waals surface area contributed by atoms with Crippen LogP contribution in [0.2, 0.25) is 0 Å². The molecule has 8 heteroatoms. The van der Waals surface area contributed by atoms with Gasteiger partial charge in [0.05, 0.1) is 24.7 Å². The summed E-state index contributed by atoms with van der Waals surface area (Å²) in [7, 11) is 2.70. The number of methoxy groups -OCH3 is 2. The summed E-state index contributed by atoms with van der Waals surface area (Å²) in [6.07, 6.45) is 0. The first-order chi connectivity index (χ1) is 10.5. The van der Waals surface area contributed by atoms with E-state index >= 15 is 0 Å². The molecule has 8 nitrogen and oxygen atoms in total. The SMILES string of the molecule is COC(=O)C1=C(C)NC(OC)=NC1c1cccc([N+](=O)[O-])c1. The fourth-order valence-electron chi connectivity index (χ4n) is 2.17. The number of carbonyl (C=O) groups is 1. The molecule has 0 bridgehead atoms. The van der Waals surface area contributed by atoms with Crippen molar-refractivity contribution in [3.05, 3.63) is 51.2 Å². The third-order valence-electron chi connectivity index (χ3n) is 3.21. The zero-order valence-electron chi connectivity index (χ0n) is 12.3. The number of rotatable bonds is 3. The molecule has 0 aliphatic carbocycles. The highest BCUT2D eigenvalue weighted by atomic mass is 16.6. The maximum Gasteiger partial charge on any atom is 0.338 e. The van der Waals surface area contributed by atoms with Crippen molar-refractivity contribution < 1.29 is 19.2 Å². The van der Waals surface area contributed by atoms with E-state index in [4.69, 9.17) is 9.47 Å². The van der Waals surface area contributed by atoms with E-state index < -0.39 is 16.9 Å². The summed E-state index contributed by atoms with van der Waals surface area (Å²) in [6.45, 7) is 1.68. The van der Waals surface area contributed by atoms with Crippen molar-refractivity contribution >= 4 is 17.7 Å². The number of esters is 1. The van der Waals surface area contributed by atoms with E-state index in [1.165, 1.54) is 26.4 Å². The smallest absolute Gasteiger partial charge is 0.338 e. The average molecular weight is 305 g/mol. The quantitative estimate of drug-likeness (QED) is 0.518. The number of aliphatic imine (C=N–C) groups is 1. The van der Waals surface area contributed by atoms with Crippen molar-refractivity contribution in [2.75, 3.05) is 14.2 Å². The zero-order chi connectivity index (χ0) is 16.3. The van der Waals surface area contributed by atoms with E-state index in [0.29, 0.717) is 11.3 Å². The van der Waals surface area contributed by atoms with Crippen LogP contribution in [0.4, 0.5) is 5.69 Å². The Balaban J connectivity index is 2.54. The Morgan fingerprint density at radius 3 is 2.73 bits per heavy atom. The van der Waals surface area contributed by atoms with Crippen LogP contribution in [0.15, 0.2) is 40.5 Å². The highest BCUT2D eigenvalue weighted by Crippen LogP contribution is 2.32. The molecule has 0 saturated carbocycles. The Morgan fingerprint density at radius 1 is 1.41 bits per heavy atom. The molecule has 2 rings (SSSR count). The van der Waals surface area contributed by atoms with Gasteiger partial charge in [0.1, 0.15) is 6.04 Å². The summed E-state index contributed by atoms with van der Waals surface area (Å²) in [5, 5.41) is 13.8. The number of allylic oxidation sites excluding steroid dienone is 1. The summed E-state index contributed by atoms with van der Waals surface area (Å²) in [4.78, 5) is 26.7. The molecule has 1 aromatic carbocycles. The molecular formula is C14H15N3O5. The topological polar surface area (TPSA) is 103 Å². The Morgan fingerprint density at radius 2 is 2.14 bits per heavy atom. The largest absolute Gasteiger partial charge is 0.468 e. The lowest BCUT2D eigenvalue weighted by molar-refractivity contribution is -0.384. The number of benzene rings is 1.